The average molecular weight is 261 g/mol. The van der Waals surface area contributed by atoms with Gasteiger partial charge in [-0.15, -0.1) is 0 Å². The molecule has 1 saturated carbocycles. The first-order valence-corrected chi connectivity index (χ1v) is 7.22. The molecule has 1 atom stereocenters. The number of aryl methyl sites for hydroxylation is 1. The number of benzene rings is 1. The van der Waals surface area contributed by atoms with E-state index in [0.717, 1.165) is 18.4 Å². The number of carbonyl (C=O) groups excluding carboxylic acids is 1. The molecule has 1 unspecified atom stereocenters. The summed E-state index contributed by atoms with van der Waals surface area (Å²) in [5, 5.41) is 13.1. The topological polar surface area (TPSA) is 49.3 Å². The van der Waals surface area contributed by atoms with Crippen LogP contribution in [0.3, 0.4) is 0 Å². The third kappa shape index (κ3) is 4.06. The van der Waals surface area contributed by atoms with E-state index in [1.54, 1.807) is 0 Å². The lowest BCUT2D eigenvalue weighted by Gasteiger charge is -2.19. The lowest BCUT2D eigenvalue weighted by molar-refractivity contribution is -0.130. The van der Waals surface area contributed by atoms with Crippen molar-refractivity contribution in [2.75, 3.05) is 0 Å². The SMILES string of the molecule is Cc1ccc(C(O)C(=O)NC2CCCCCC2)cc1. The number of rotatable bonds is 3. The molecule has 0 aromatic heterocycles. The van der Waals surface area contributed by atoms with Crippen LogP contribution in [0.25, 0.3) is 0 Å². The number of carbonyl (C=O) groups is 1. The maximum Gasteiger partial charge on any atom is 0.253 e. The van der Waals surface area contributed by atoms with Crippen LogP contribution in [0, 0.1) is 6.92 Å². The summed E-state index contributed by atoms with van der Waals surface area (Å²) in [4.78, 5) is 12.0. The van der Waals surface area contributed by atoms with Gasteiger partial charge in [0.25, 0.3) is 5.91 Å². The molecule has 1 aromatic carbocycles. The molecule has 0 saturated heterocycles. The molecule has 0 spiro atoms. The van der Waals surface area contributed by atoms with E-state index in [0.29, 0.717) is 5.56 Å². The Balaban J connectivity index is 1.93. The minimum absolute atomic E-state index is 0.232. The van der Waals surface area contributed by atoms with Gasteiger partial charge in [-0.3, -0.25) is 4.79 Å². The van der Waals surface area contributed by atoms with Gasteiger partial charge < -0.3 is 10.4 Å². The molecule has 2 rings (SSSR count). The van der Waals surface area contributed by atoms with Crippen LogP contribution in [0.1, 0.15) is 55.8 Å². The minimum Gasteiger partial charge on any atom is -0.378 e. The summed E-state index contributed by atoms with van der Waals surface area (Å²) >= 11 is 0. The Hall–Kier alpha value is -1.35. The number of aliphatic hydroxyl groups is 1. The maximum atomic E-state index is 12.0. The zero-order chi connectivity index (χ0) is 13.7. The monoisotopic (exact) mass is 261 g/mol. The molecule has 2 N–H and O–H groups in total. The van der Waals surface area contributed by atoms with Gasteiger partial charge in [-0.05, 0) is 25.3 Å². The fourth-order valence-electron chi connectivity index (χ4n) is 2.60. The summed E-state index contributed by atoms with van der Waals surface area (Å²) in [5.41, 5.74) is 1.79. The van der Waals surface area contributed by atoms with Crippen molar-refractivity contribution in [3.05, 3.63) is 35.4 Å². The van der Waals surface area contributed by atoms with E-state index in [2.05, 4.69) is 5.32 Å². The van der Waals surface area contributed by atoms with Crippen LogP contribution in [-0.2, 0) is 4.79 Å². The molecule has 1 amide bonds. The van der Waals surface area contributed by atoms with Gasteiger partial charge in [-0.1, -0.05) is 55.5 Å². The van der Waals surface area contributed by atoms with E-state index < -0.39 is 6.10 Å². The average Bonchev–Trinajstić information content (AvgIpc) is 2.67. The summed E-state index contributed by atoms with van der Waals surface area (Å²) in [6.07, 6.45) is 5.87. The van der Waals surface area contributed by atoms with Gasteiger partial charge >= 0.3 is 0 Å². The highest BCUT2D eigenvalue weighted by Crippen LogP contribution is 2.19. The zero-order valence-corrected chi connectivity index (χ0v) is 11.6. The smallest absolute Gasteiger partial charge is 0.253 e. The summed E-state index contributed by atoms with van der Waals surface area (Å²) in [5.74, 6) is -0.268. The van der Waals surface area contributed by atoms with Crippen molar-refractivity contribution in [3.8, 4) is 0 Å². The Morgan fingerprint density at radius 2 is 1.74 bits per heavy atom. The van der Waals surface area contributed by atoms with Crippen molar-refractivity contribution in [3.63, 3.8) is 0 Å². The Labute approximate surface area is 115 Å². The van der Waals surface area contributed by atoms with Gasteiger partial charge in [0.15, 0.2) is 6.10 Å². The Bertz CT molecular complexity index is 405. The second-order valence-electron chi connectivity index (χ2n) is 5.51. The predicted octanol–water partition coefficient (Wildman–Crippen LogP) is 2.87. The molecule has 1 aliphatic rings. The molecule has 3 nitrogen and oxygen atoms in total. The van der Waals surface area contributed by atoms with Gasteiger partial charge in [0.05, 0.1) is 0 Å². The van der Waals surface area contributed by atoms with Crippen LogP contribution in [0.2, 0.25) is 0 Å². The molecule has 0 aliphatic heterocycles. The first-order chi connectivity index (χ1) is 9.16. The van der Waals surface area contributed by atoms with E-state index in [1.807, 2.05) is 31.2 Å². The second-order valence-corrected chi connectivity index (χ2v) is 5.51. The van der Waals surface area contributed by atoms with E-state index in [1.165, 1.54) is 25.7 Å². The third-order valence-electron chi connectivity index (χ3n) is 3.84. The number of hydrogen-bond donors (Lipinski definition) is 2. The zero-order valence-electron chi connectivity index (χ0n) is 11.6. The standard InChI is InChI=1S/C16H23NO2/c1-12-8-10-13(11-9-12)15(18)16(19)17-14-6-4-2-3-5-7-14/h8-11,14-15,18H,2-7H2,1H3,(H,17,19). The van der Waals surface area contributed by atoms with Crippen LogP contribution in [0.4, 0.5) is 0 Å². The van der Waals surface area contributed by atoms with Crippen molar-refractivity contribution in [2.45, 2.75) is 57.6 Å². The molecule has 0 radical (unpaired) electrons. The maximum absolute atomic E-state index is 12.0. The molecule has 1 aliphatic carbocycles. The molecule has 0 heterocycles. The Kier molecular flexibility index (Phi) is 4.97. The summed E-state index contributed by atoms with van der Waals surface area (Å²) < 4.78 is 0. The molecule has 3 heteroatoms. The molecule has 1 aromatic rings. The highest BCUT2D eigenvalue weighted by molar-refractivity contribution is 5.82. The van der Waals surface area contributed by atoms with Crippen LogP contribution in [-0.4, -0.2) is 17.1 Å². The van der Waals surface area contributed by atoms with Crippen LogP contribution >= 0.6 is 0 Å². The predicted molar refractivity (Wildman–Crippen MR) is 75.8 cm³/mol. The quantitative estimate of drug-likeness (QED) is 0.822. The highest BCUT2D eigenvalue weighted by Gasteiger charge is 2.21. The van der Waals surface area contributed by atoms with E-state index in [9.17, 15) is 9.90 Å². The van der Waals surface area contributed by atoms with E-state index in [-0.39, 0.29) is 11.9 Å². The molecule has 19 heavy (non-hydrogen) atoms. The summed E-state index contributed by atoms with van der Waals surface area (Å²) in [6, 6.07) is 7.68. The van der Waals surface area contributed by atoms with E-state index >= 15 is 0 Å². The molecule has 104 valence electrons. The van der Waals surface area contributed by atoms with Crippen LogP contribution in [0.15, 0.2) is 24.3 Å². The third-order valence-corrected chi connectivity index (χ3v) is 3.84. The fraction of sp³-hybridized carbons (Fsp3) is 0.562. The fourth-order valence-corrected chi connectivity index (χ4v) is 2.60. The van der Waals surface area contributed by atoms with Crippen molar-refractivity contribution >= 4 is 5.91 Å². The highest BCUT2D eigenvalue weighted by atomic mass is 16.3. The first-order valence-electron chi connectivity index (χ1n) is 7.22. The number of nitrogens with one attached hydrogen (secondary N) is 1. The minimum atomic E-state index is -1.05. The van der Waals surface area contributed by atoms with Crippen LogP contribution < -0.4 is 5.32 Å². The van der Waals surface area contributed by atoms with Crippen molar-refractivity contribution in [2.24, 2.45) is 0 Å². The van der Waals surface area contributed by atoms with Crippen molar-refractivity contribution in [1.29, 1.82) is 0 Å². The van der Waals surface area contributed by atoms with Gasteiger partial charge in [-0.25, -0.2) is 0 Å². The number of amides is 1. The lowest BCUT2D eigenvalue weighted by atomic mass is 10.1. The summed E-state index contributed by atoms with van der Waals surface area (Å²) in [6.45, 7) is 1.99. The van der Waals surface area contributed by atoms with Gasteiger partial charge in [0.1, 0.15) is 0 Å². The first kappa shape index (κ1) is 14.1. The van der Waals surface area contributed by atoms with Crippen LogP contribution in [0.5, 0.6) is 0 Å². The van der Waals surface area contributed by atoms with Gasteiger partial charge in [-0.2, -0.15) is 0 Å². The van der Waals surface area contributed by atoms with E-state index in [4.69, 9.17) is 0 Å². The molecule has 1 fully saturated rings. The second kappa shape index (κ2) is 6.71. The summed E-state index contributed by atoms with van der Waals surface area (Å²) in [7, 11) is 0. The van der Waals surface area contributed by atoms with Crippen molar-refractivity contribution in [1.82, 2.24) is 5.32 Å². The number of aliphatic hydroxyl groups excluding tert-OH is 1. The molecule has 0 bridgehead atoms. The van der Waals surface area contributed by atoms with Crippen molar-refractivity contribution < 1.29 is 9.90 Å². The Morgan fingerprint density at radius 1 is 1.16 bits per heavy atom. The van der Waals surface area contributed by atoms with Gasteiger partial charge in [0, 0.05) is 6.04 Å². The molecular weight excluding hydrogens is 238 g/mol. The Morgan fingerprint density at radius 3 is 2.32 bits per heavy atom. The lowest BCUT2D eigenvalue weighted by Crippen LogP contribution is -2.37. The largest absolute Gasteiger partial charge is 0.378 e. The molecular formula is C16H23NO2. The number of hydrogen-bond acceptors (Lipinski definition) is 2. The van der Waals surface area contributed by atoms with Gasteiger partial charge in [0.2, 0.25) is 0 Å². The normalized spacial score (nSPS) is 18.6.